The molecule has 0 saturated heterocycles. The first kappa shape index (κ1) is 30.0. The molecule has 0 radical (unpaired) electrons. The number of hydrogen-bond donors (Lipinski definition) is 2. The minimum absolute atomic E-state index is 0.295. The molecule has 0 saturated carbocycles. The van der Waals surface area contributed by atoms with Crippen LogP contribution in [0.3, 0.4) is 0 Å². The van der Waals surface area contributed by atoms with Gasteiger partial charge in [0.15, 0.2) is 0 Å². The second kappa shape index (κ2) is 16.5. The van der Waals surface area contributed by atoms with Crippen molar-refractivity contribution in [2.75, 3.05) is 11.5 Å². The molecule has 2 N–H and O–H groups in total. The van der Waals surface area contributed by atoms with Gasteiger partial charge >= 0.3 is 5.97 Å². The number of amides is 1. The van der Waals surface area contributed by atoms with Crippen LogP contribution in [-0.4, -0.2) is 34.5 Å². The lowest BCUT2D eigenvalue weighted by Gasteiger charge is -2.14. The van der Waals surface area contributed by atoms with Crippen LogP contribution in [0.4, 0.5) is 0 Å². The summed E-state index contributed by atoms with van der Waals surface area (Å²) < 4.78 is 5.74. The van der Waals surface area contributed by atoms with Crippen LogP contribution in [0.2, 0.25) is 0 Å². The Morgan fingerprint density at radius 2 is 1.46 bits per heavy atom. The van der Waals surface area contributed by atoms with Crippen molar-refractivity contribution in [3.63, 3.8) is 0 Å². The van der Waals surface area contributed by atoms with Crippen molar-refractivity contribution in [2.45, 2.75) is 59.4 Å². The summed E-state index contributed by atoms with van der Waals surface area (Å²) >= 11 is 1.50. The fraction of sp³-hybridized carbons (Fsp3) is 0.355. The quantitative estimate of drug-likeness (QED) is 0.185. The van der Waals surface area contributed by atoms with Crippen molar-refractivity contribution >= 4 is 23.6 Å². The van der Waals surface area contributed by atoms with E-state index in [4.69, 9.17) is 4.74 Å². The second-order valence-electron chi connectivity index (χ2n) is 9.30. The molecule has 1 amide bonds. The molecule has 0 aliphatic rings. The van der Waals surface area contributed by atoms with Gasteiger partial charge in [-0.1, -0.05) is 53.1 Å². The molecular weight excluding hydrogens is 482 g/mol. The number of benzene rings is 2. The largest absolute Gasteiger partial charge is 0.480 e. The van der Waals surface area contributed by atoms with Crippen LogP contribution in [0, 0.1) is 0 Å². The zero-order valence-electron chi connectivity index (χ0n) is 22.3. The Labute approximate surface area is 225 Å². The van der Waals surface area contributed by atoms with E-state index in [0.717, 1.165) is 25.7 Å². The molecule has 5 nitrogen and oxygen atoms in total. The average molecular weight is 522 g/mol. The number of allylic oxidation sites excluding steroid dienone is 5. The second-order valence-corrected chi connectivity index (χ2v) is 10.4. The molecule has 2 rings (SSSR count). The third kappa shape index (κ3) is 12.5. The highest BCUT2D eigenvalue weighted by Gasteiger charge is 2.20. The van der Waals surface area contributed by atoms with E-state index >= 15 is 0 Å². The lowest BCUT2D eigenvalue weighted by atomic mass is 10.1. The number of ether oxygens (including phenoxy) is 1. The highest BCUT2D eigenvalue weighted by Crippen LogP contribution is 2.21. The van der Waals surface area contributed by atoms with Crippen LogP contribution >= 0.6 is 11.8 Å². The van der Waals surface area contributed by atoms with E-state index in [1.165, 1.54) is 28.5 Å². The molecule has 1 atom stereocenters. The van der Waals surface area contributed by atoms with E-state index in [0.29, 0.717) is 28.6 Å². The number of rotatable bonds is 15. The van der Waals surface area contributed by atoms with Crippen molar-refractivity contribution in [2.24, 2.45) is 0 Å². The van der Waals surface area contributed by atoms with Gasteiger partial charge in [0.1, 0.15) is 17.5 Å². The normalized spacial score (nSPS) is 12.5. The molecule has 0 unspecified atom stereocenters. The number of aliphatic carboxylic acids is 1. The number of carbonyl (C=O) groups excluding carboxylic acids is 1. The summed E-state index contributed by atoms with van der Waals surface area (Å²) in [6, 6.07) is 15.0. The van der Waals surface area contributed by atoms with E-state index in [2.05, 4.69) is 51.2 Å². The summed E-state index contributed by atoms with van der Waals surface area (Å²) in [5.41, 5.74) is 4.45. The van der Waals surface area contributed by atoms with Crippen molar-refractivity contribution in [1.82, 2.24) is 5.32 Å². The molecular formula is C31H39NO4S. The Kier molecular flexibility index (Phi) is 13.4. The number of carbonyl (C=O) groups is 2. The number of nitrogens with one attached hydrogen (secondary N) is 1. The van der Waals surface area contributed by atoms with Crippen molar-refractivity contribution in [1.29, 1.82) is 0 Å². The fourth-order valence-corrected chi connectivity index (χ4v) is 4.44. The maximum Gasteiger partial charge on any atom is 0.327 e. The Morgan fingerprint density at radius 3 is 2.08 bits per heavy atom. The van der Waals surface area contributed by atoms with Gasteiger partial charge in [-0.2, -0.15) is 11.8 Å². The van der Waals surface area contributed by atoms with E-state index in [9.17, 15) is 14.7 Å². The topological polar surface area (TPSA) is 75.6 Å². The van der Waals surface area contributed by atoms with Crippen LogP contribution in [0.5, 0.6) is 11.5 Å². The van der Waals surface area contributed by atoms with E-state index in [1.54, 1.807) is 24.3 Å². The van der Waals surface area contributed by atoms with E-state index in [-0.39, 0.29) is 0 Å². The zero-order valence-corrected chi connectivity index (χ0v) is 23.1. The van der Waals surface area contributed by atoms with Crippen molar-refractivity contribution < 1.29 is 19.4 Å². The van der Waals surface area contributed by atoms with Gasteiger partial charge in [-0.15, -0.1) is 0 Å². The molecule has 0 aromatic heterocycles. The summed E-state index contributed by atoms with van der Waals surface area (Å²) in [5, 5.41) is 12.2. The van der Waals surface area contributed by atoms with Gasteiger partial charge in [-0.25, -0.2) is 4.79 Å². The highest BCUT2D eigenvalue weighted by molar-refractivity contribution is 7.99. The fourth-order valence-electron chi connectivity index (χ4n) is 3.44. The molecule has 0 aliphatic heterocycles. The van der Waals surface area contributed by atoms with Crippen LogP contribution in [0.1, 0.15) is 63.7 Å². The van der Waals surface area contributed by atoms with Gasteiger partial charge in [-0.05, 0) is 89.8 Å². The number of thioether (sulfide) groups is 1. The van der Waals surface area contributed by atoms with Crippen LogP contribution in [0.25, 0.3) is 0 Å². The summed E-state index contributed by atoms with van der Waals surface area (Å²) in [4.78, 5) is 24.3. The van der Waals surface area contributed by atoms with Crippen molar-refractivity contribution in [3.05, 3.63) is 95.1 Å². The average Bonchev–Trinajstić information content (AvgIpc) is 2.86. The predicted octanol–water partition coefficient (Wildman–Crippen LogP) is 7.81. The lowest BCUT2D eigenvalue weighted by Crippen LogP contribution is -2.42. The molecule has 0 aliphatic carbocycles. The number of para-hydroxylation sites is 1. The molecule has 37 heavy (non-hydrogen) atoms. The molecule has 2 aromatic rings. The summed E-state index contributed by atoms with van der Waals surface area (Å²) in [5.74, 6) is 0.847. The molecule has 2 aromatic carbocycles. The zero-order chi connectivity index (χ0) is 27.0. The minimum atomic E-state index is -1.04. The minimum Gasteiger partial charge on any atom is -0.480 e. The molecule has 0 fully saturated rings. The molecule has 0 spiro atoms. The number of carboxylic acid groups (broad SMARTS) is 1. The first-order valence-corrected chi connectivity index (χ1v) is 13.8. The summed E-state index contributed by atoms with van der Waals surface area (Å²) in [6.07, 6.45) is 10.9. The van der Waals surface area contributed by atoms with Crippen LogP contribution in [0.15, 0.2) is 89.5 Å². The van der Waals surface area contributed by atoms with Crippen LogP contribution in [-0.2, 0) is 4.79 Å². The molecule has 198 valence electrons. The van der Waals surface area contributed by atoms with Gasteiger partial charge in [0.2, 0.25) is 0 Å². The molecule has 0 bridgehead atoms. The van der Waals surface area contributed by atoms with Gasteiger partial charge in [0, 0.05) is 17.1 Å². The molecule has 6 heteroatoms. The Balaban J connectivity index is 1.76. The first-order chi connectivity index (χ1) is 17.7. The van der Waals surface area contributed by atoms with E-state index in [1.807, 2.05) is 30.3 Å². The Morgan fingerprint density at radius 1 is 0.865 bits per heavy atom. The lowest BCUT2D eigenvalue weighted by molar-refractivity contribution is -0.138. The first-order valence-electron chi connectivity index (χ1n) is 12.6. The molecule has 0 heterocycles. The van der Waals surface area contributed by atoms with Gasteiger partial charge in [0.05, 0.1) is 0 Å². The highest BCUT2D eigenvalue weighted by atomic mass is 32.2. The van der Waals surface area contributed by atoms with Gasteiger partial charge in [0.25, 0.3) is 5.91 Å². The van der Waals surface area contributed by atoms with Gasteiger partial charge < -0.3 is 15.2 Å². The maximum atomic E-state index is 12.6. The number of carboxylic acids is 1. The van der Waals surface area contributed by atoms with Crippen molar-refractivity contribution in [3.8, 4) is 11.5 Å². The predicted molar refractivity (Wildman–Crippen MR) is 155 cm³/mol. The summed E-state index contributed by atoms with van der Waals surface area (Å²) in [7, 11) is 0. The monoisotopic (exact) mass is 521 g/mol. The maximum absolute atomic E-state index is 12.6. The Bertz CT molecular complexity index is 1080. The van der Waals surface area contributed by atoms with Crippen LogP contribution < -0.4 is 10.1 Å². The Hall–Kier alpha value is -3.25. The standard InChI is InChI=1S/C31H39NO4S/c1-23(2)10-8-11-24(3)12-9-13-25(4)20-21-37-22-29(31(34)35)32-30(33)26-16-18-28(19-17-26)36-27-14-6-5-7-15-27/h5-7,10,12,14-20,29H,8-9,11,13,21-22H2,1-4H3,(H,32,33)(H,34,35)/b24-12+,25-20+/t29-/m0/s1. The smallest absolute Gasteiger partial charge is 0.327 e. The number of hydrogen-bond acceptors (Lipinski definition) is 4. The van der Waals surface area contributed by atoms with E-state index < -0.39 is 17.9 Å². The third-order valence-electron chi connectivity index (χ3n) is 5.66. The third-order valence-corrected chi connectivity index (χ3v) is 6.63. The summed E-state index contributed by atoms with van der Waals surface area (Å²) in [6.45, 7) is 8.54. The SMILES string of the molecule is CC(C)=CCC/C(C)=C/CC/C(C)=C/CSC[C@H](NC(=O)c1ccc(Oc2ccccc2)cc1)C(=O)O. The van der Waals surface area contributed by atoms with Gasteiger partial charge in [-0.3, -0.25) is 4.79 Å².